The van der Waals surface area contributed by atoms with Crippen LogP contribution in [0.25, 0.3) is 22.3 Å². The number of halogens is 1. The zero-order chi connectivity index (χ0) is 22.8. The topological polar surface area (TPSA) is 88.7 Å². The zero-order valence-corrected chi connectivity index (χ0v) is 19.3. The number of rotatable bonds is 7. The lowest BCUT2D eigenvalue weighted by molar-refractivity contribution is -0.113. The van der Waals surface area contributed by atoms with Crippen molar-refractivity contribution in [1.29, 1.82) is 0 Å². The second-order valence-electron chi connectivity index (χ2n) is 7.52. The Balaban J connectivity index is 1.41. The van der Waals surface area contributed by atoms with Crippen LogP contribution in [0.15, 0.2) is 76.6 Å². The molecule has 5 rings (SSSR count). The Kier molecular flexibility index (Phi) is 5.93. The van der Waals surface area contributed by atoms with Gasteiger partial charge in [0.15, 0.2) is 11.0 Å². The molecule has 7 nitrogen and oxygen atoms in total. The Morgan fingerprint density at radius 2 is 2.06 bits per heavy atom. The summed E-state index contributed by atoms with van der Waals surface area (Å²) in [6.07, 6.45) is 3.56. The highest BCUT2D eigenvalue weighted by Gasteiger charge is 2.19. The molecule has 0 aliphatic heterocycles. The maximum atomic E-state index is 12.6. The van der Waals surface area contributed by atoms with Gasteiger partial charge in [-0.3, -0.25) is 9.36 Å². The number of benzene rings is 2. The normalized spacial score (nSPS) is 11.2. The second-order valence-corrected chi connectivity index (χ2v) is 8.89. The van der Waals surface area contributed by atoms with Gasteiger partial charge in [-0.05, 0) is 42.8 Å². The number of hydrogen-bond acceptors (Lipinski definition) is 5. The minimum Gasteiger partial charge on any atom is -0.467 e. The number of hydrogen-bond donors (Lipinski definition) is 2. The largest absolute Gasteiger partial charge is 0.467 e. The molecule has 0 saturated heterocycles. The highest BCUT2D eigenvalue weighted by atomic mass is 35.5. The number of nitrogens with zero attached hydrogens (tertiary/aromatic N) is 3. The van der Waals surface area contributed by atoms with Crippen LogP contribution in [0.1, 0.15) is 11.3 Å². The van der Waals surface area contributed by atoms with Crippen molar-refractivity contribution < 1.29 is 9.21 Å². The van der Waals surface area contributed by atoms with Gasteiger partial charge >= 0.3 is 0 Å². The Hall–Kier alpha value is -3.49. The first kappa shape index (κ1) is 21.4. The van der Waals surface area contributed by atoms with Gasteiger partial charge in [-0.2, -0.15) is 0 Å². The van der Waals surface area contributed by atoms with Gasteiger partial charge < -0.3 is 14.7 Å². The molecule has 3 aromatic heterocycles. The molecule has 0 saturated carbocycles. The third-order valence-corrected chi connectivity index (χ3v) is 6.45. The van der Waals surface area contributed by atoms with Crippen molar-refractivity contribution in [2.75, 3.05) is 11.1 Å². The van der Waals surface area contributed by atoms with E-state index in [4.69, 9.17) is 16.0 Å². The van der Waals surface area contributed by atoms with Crippen LogP contribution in [0, 0.1) is 6.92 Å². The van der Waals surface area contributed by atoms with Gasteiger partial charge in [-0.1, -0.05) is 47.6 Å². The molecule has 1 amide bonds. The predicted octanol–water partition coefficient (Wildman–Crippen LogP) is 5.76. The number of anilines is 1. The van der Waals surface area contributed by atoms with Crippen molar-refractivity contribution in [3.63, 3.8) is 0 Å². The lowest BCUT2D eigenvalue weighted by Gasteiger charge is -2.10. The average molecular weight is 478 g/mol. The molecule has 0 aliphatic rings. The average Bonchev–Trinajstić information content (AvgIpc) is 3.55. The lowest BCUT2D eigenvalue weighted by atomic mass is 10.1. The van der Waals surface area contributed by atoms with E-state index in [2.05, 4.69) is 20.5 Å². The summed E-state index contributed by atoms with van der Waals surface area (Å²) < 4.78 is 7.53. The number of amides is 1. The molecule has 0 unspecified atom stereocenters. The molecule has 0 bridgehead atoms. The Morgan fingerprint density at radius 3 is 2.91 bits per heavy atom. The number of furan rings is 1. The third-order valence-electron chi connectivity index (χ3n) is 5.25. The van der Waals surface area contributed by atoms with E-state index in [9.17, 15) is 4.79 Å². The van der Waals surface area contributed by atoms with E-state index in [0.717, 1.165) is 27.8 Å². The predicted molar refractivity (Wildman–Crippen MR) is 131 cm³/mol. The van der Waals surface area contributed by atoms with Gasteiger partial charge in [0.25, 0.3) is 0 Å². The molecule has 2 N–H and O–H groups in total. The molecule has 0 radical (unpaired) electrons. The SMILES string of the molecule is Cc1ccc(Cl)cc1NC(=O)CSc1nnc(-c2c[nH]c3ccccc23)n1Cc1ccco1. The fraction of sp³-hybridized carbons (Fsp3) is 0.125. The standard InChI is InChI=1S/C24H20ClN5O2S/c1-15-8-9-16(25)11-21(15)27-22(31)14-33-24-29-28-23(30(24)13-17-5-4-10-32-17)19-12-26-20-7-3-2-6-18(19)20/h2-12,26H,13-14H2,1H3,(H,27,31). The smallest absolute Gasteiger partial charge is 0.234 e. The summed E-state index contributed by atoms with van der Waals surface area (Å²) in [7, 11) is 0. The van der Waals surface area contributed by atoms with Crippen molar-refractivity contribution in [3.8, 4) is 11.4 Å². The first-order valence-electron chi connectivity index (χ1n) is 10.3. The highest BCUT2D eigenvalue weighted by molar-refractivity contribution is 7.99. The van der Waals surface area contributed by atoms with Crippen LogP contribution in [0.4, 0.5) is 5.69 Å². The van der Waals surface area contributed by atoms with E-state index in [1.807, 2.05) is 60.2 Å². The summed E-state index contributed by atoms with van der Waals surface area (Å²) in [5.74, 6) is 1.51. The molecular formula is C24H20ClN5O2S. The summed E-state index contributed by atoms with van der Waals surface area (Å²) in [6.45, 7) is 2.37. The number of aromatic amines is 1. The number of H-pyrrole nitrogens is 1. The minimum atomic E-state index is -0.147. The second kappa shape index (κ2) is 9.17. The molecule has 0 aliphatic carbocycles. The summed E-state index contributed by atoms with van der Waals surface area (Å²) in [6, 6.07) is 17.2. The fourth-order valence-electron chi connectivity index (χ4n) is 3.60. The molecule has 166 valence electrons. The van der Waals surface area contributed by atoms with Gasteiger partial charge in [-0.15, -0.1) is 10.2 Å². The number of fused-ring (bicyclic) bond motifs is 1. The number of carbonyl (C=O) groups excluding carboxylic acids is 1. The van der Waals surface area contributed by atoms with Crippen LogP contribution in [-0.2, 0) is 11.3 Å². The minimum absolute atomic E-state index is 0.147. The Morgan fingerprint density at radius 1 is 1.18 bits per heavy atom. The van der Waals surface area contributed by atoms with E-state index in [1.165, 1.54) is 11.8 Å². The molecule has 2 aromatic carbocycles. The number of para-hydroxylation sites is 1. The number of carbonyl (C=O) groups is 1. The maximum Gasteiger partial charge on any atom is 0.234 e. The number of thioether (sulfide) groups is 1. The van der Waals surface area contributed by atoms with E-state index >= 15 is 0 Å². The fourth-order valence-corrected chi connectivity index (χ4v) is 4.51. The number of aryl methyl sites for hydroxylation is 1. The maximum absolute atomic E-state index is 12.6. The van der Waals surface area contributed by atoms with Crippen LogP contribution >= 0.6 is 23.4 Å². The summed E-state index contributed by atoms with van der Waals surface area (Å²) >= 11 is 7.39. The molecule has 9 heteroatoms. The van der Waals surface area contributed by atoms with Crippen molar-refractivity contribution in [2.24, 2.45) is 0 Å². The molecule has 3 heterocycles. The van der Waals surface area contributed by atoms with Crippen molar-refractivity contribution >= 4 is 45.9 Å². The van der Waals surface area contributed by atoms with E-state index in [-0.39, 0.29) is 11.7 Å². The number of aromatic nitrogens is 4. The third kappa shape index (κ3) is 4.53. The van der Waals surface area contributed by atoms with Crippen molar-refractivity contribution in [1.82, 2.24) is 19.7 Å². The number of nitrogens with one attached hydrogen (secondary N) is 2. The Bertz CT molecular complexity index is 1420. The van der Waals surface area contributed by atoms with Gasteiger partial charge in [0, 0.05) is 33.4 Å². The first-order valence-corrected chi connectivity index (χ1v) is 11.7. The van der Waals surface area contributed by atoms with E-state index < -0.39 is 0 Å². The van der Waals surface area contributed by atoms with Crippen LogP contribution in [-0.4, -0.2) is 31.4 Å². The quantitative estimate of drug-likeness (QED) is 0.291. The molecule has 0 spiro atoms. The van der Waals surface area contributed by atoms with Crippen molar-refractivity contribution in [3.05, 3.63) is 83.4 Å². The van der Waals surface area contributed by atoms with Gasteiger partial charge in [-0.25, -0.2) is 0 Å². The van der Waals surface area contributed by atoms with Gasteiger partial charge in [0.05, 0.1) is 18.6 Å². The van der Waals surface area contributed by atoms with Gasteiger partial charge in [0.2, 0.25) is 5.91 Å². The first-order chi connectivity index (χ1) is 16.1. The lowest BCUT2D eigenvalue weighted by Crippen LogP contribution is -2.15. The molecule has 0 fully saturated rings. The summed E-state index contributed by atoms with van der Waals surface area (Å²) in [5.41, 5.74) is 3.60. The van der Waals surface area contributed by atoms with E-state index in [0.29, 0.717) is 28.2 Å². The van der Waals surface area contributed by atoms with Crippen LogP contribution in [0.2, 0.25) is 5.02 Å². The Labute approximate surface area is 199 Å². The van der Waals surface area contributed by atoms with Crippen LogP contribution in [0.3, 0.4) is 0 Å². The molecular weight excluding hydrogens is 458 g/mol. The van der Waals surface area contributed by atoms with Crippen molar-refractivity contribution in [2.45, 2.75) is 18.6 Å². The van der Waals surface area contributed by atoms with Gasteiger partial charge in [0.1, 0.15) is 5.76 Å². The van der Waals surface area contributed by atoms with Crippen LogP contribution < -0.4 is 5.32 Å². The molecule has 0 atom stereocenters. The summed E-state index contributed by atoms with van der Waals surface area (Å²) in [5, 5.41) is 14.0. The van der Waals surface area contributed by atoms with Crippen LogP contribution in [0.5, 0.6) is 0 Å². The monoisotopic (exact) mass is 477 g/mol. The molecule has 33 heavy (non-hydrogen) atoms. The summed E-state index contributed by atoms with van der Waals surface area (Å²) in [4.78, 5) is 15.9. The highest BCUT2D eigenvalue weighted by Crippen LogP contribution is 2.31. The van der Waals surface area contributed by atoms with E-state index in [1.54, 1.807) is 18.4 Å². The molecule has 5 aromatic rings. The zero-order valence-electron chi connectivity index (χ0n) is 17.7.